The molecule has 0 unspecified atom stereocenters. The molecular formula is C15H25N3O5S2. The van der Waals surface area contributed by atoms with E-state index in [0.717, 1.165) is 0 Å². The van der Waals surface area contributed by atoms with Crippen LogP contribution in [0, 0.1) is 5.92 Å². The summed E-state index contributed by atoms with van der Waals surface area (Å²) in [5, 5.41) is 2.52. The normalized spacial score (nSPS) is 12.3. The number of hydrogen-bond acceptors (Lipinski definition) is 6. The van der Waals surface area contributed by atoms with Crippen LogP contribution < -0.4 is 15.8 Å². The maximum absolute atomic E-state index is 12.0. The molecule has 4 N–H and O–H groups in total. The maximum atomic E-state index is 12.0. The third kappa shape index (κ3) is 7.95. The second-order valence-corrected chi connectivity index (χ2v) is 10.0. The van der Waals surface area contributed by atoms with Gasteiger partial charge in [0.2, 0.25) is 15.9 Å². The van der Waals surface area contributed by atoms with Crippen molar-refractivity contribution >= 4 is 31.5 Å². The second kappa shape index (κ2) is 9.27. The van der Waals surface area contributed by atoms with Crippen LogP contribution in [-0.4, -0.2) is 47.3 Å². The molecule has 10 heteroatoms. The Kier molecular flexibility index (Phi) is 8.00. The molecule has 0 aliphatic rings. The van der Waals surface area contributed by atoms with E-state index >= 15 is 0 Å². The van der Waals surface area contributed by atoms with Crippen molar-refractivity contribution in [2.45, 2.75) is 25.2 Å². The first-order chi connectivity index (χ1) is 11.6. The Balaban J connectivity index is 2.71. The summed E-state index contributed by atoms with van der Waals surface area (Å²) in [6.07, 6.45) is -0.183. The number of carbonyl (C=O) groups excluding carboxylic acids is 1. The molecule has 0 saturated carbocycles. The van der Waals surface area contributed by atoms with E-state index in [1.165, 1.54) is 24.3 Å². The fraction of sp³-hybridized carbons (Fsp3) is 0.533. The predicted octanol–water partition coefficient (Wildman–Crippen LogP) is 0.323. The zero-order chi connectivity index (χ0) is 19.1. The van der Waals surface area contributed by atoms with Crippen LogP contribution in [0.3, 0.4) is 0 Å². The van der Waals surface area contributed by atoms with Gasteiger partial charge in [-0.2, -0.15) is 0 Å². The van der Waals surface area contributed by atoms with Gasteiger partial charge in [-0.3, -0.25) is 4.79 Å². The highest BCUT2D eigenvalue weighted by atomic mass is 32.2. The number of anilines is 1. The smallest absolute Gasteiger partial charge is 0.240 e. The van der Waals surface area contributed by atoms with Crippen molar-refractivity contribution in [3.05, 3.63) is 24.3 Å². The average molecular weight is 392 g/mol. The van der Waals surface area contributed by atoms with E-state index in [1.54, 1.807) is 13.8 Å². The molecule has 0 heterocycles. The van der Waals surface area contributed by atoms with E-state index < -0.39 is 25.8 Å². The lowest BCUT2D eigenvalue weighted by Gasteiger charge is -2.10. The van der Waals surface area contributed by atoms with Crippen molar-refractivity contribution < 1.29 is 21.6 Å². The molecule has 142 valence electrons. The zero-order valence-corrected chi connectivity index (χ0v) is 16.0. The standard InChI is InChI=1S/C15H25N3O5S2/c1-12(2)11-24(20,21)9-6-15(19)18-13-4-3-5-14(10-13)25(22,23)17-8-7-16/h3-5,10,12,17H,6-9,11,16H2,1-2H3,(H,18,19). The molecule has 0 radical (unpaired) electrons. The first-order valence-corrected chi connectivity index (χ1v) is 11.2. The molecule has 1 aromatic carbocycles. The van der Waals surface area contributed by atoms with E-state index in [1.807, 2.05) is 0 Å². The van der Waals surface area contributed by atoms with Crippen molar-refractivity contribution in [2.75, 3.05) is 29.9 Å². The molecule has 0 saturated heterocycles. The first kappa shape index (κ1) is 21.6. The SMILES string of the molecule is CC(C)CS(=O)(=O)CCC(=O)Nc1cccc(S(=O)(=O)NCCN)c1. The molecule has 8 nitrogen and oxygen atoms in total. The number of rotatable bonds is 10. The molecule has 0 bridgehead atoms. The van der Waals surface area contributed by atoms with Crippen molar-refractivity contribution in [3.8, 4) is 0 Å². The van der Waals surface area contributed by atoms with Gasteiger partial charge in [0.1, 0.15) is 0 Å². The van der Waals surface area contributed by atoms with Gasteiger partial charge in [-0.15, -0.1) is 0 Å². The average Bonchev–Trinajstić information content (AvgIpc) is 2.50. The summed E-state index contributed by atoms with van der Waals surface area (Å²) in [6, 6.07) is 5.71. The highest BCUT2D eigenvalue weighted by molar-refractivity contribution is 7.91. The van der Waals surface area contributed by atoms with Gasteiger partial charge in [-0.1, -0.05) is 19.9 Å². The number of nitrogens with one attached hydrogen (secondary N) is 2. The predicted molar refractivity (Wildman–Crippen MR) is 97.4 cm³/mol. The van der Waals surface area contributed by atoms with Crippen LogP contribution >= 0.6 is 0 Å². The molecule has 0 fully saturated rings. The molecule has 0 aromatic heterocycles. The molecule has 1 amide bonds. The quantitative estimate of drug-likeness (QED) is 0.526. The number of carbonyl (C=O) groups is 1. The Morgan fingerprint density at radius 1 is 1.20 bits per heavy atom. The number of sulfonamides is 1. The monoisotopic (exact) mass is 391 g/mol. The number of hydrogen-bond donors (Lipinski definition) is 3. The van der Waals surface area contributed by atoms with Crippen LogP contribution in [0.2, 0.25) is 0 Å². The second-order valence-electron chi connectivity index (χ2n) is 6.02. The van der Waals surface area contributed by atoms with Gasteiger partial charge in [-0.05, 0) is 24.1 Å². The van der Waals surface area contributed by atoms with E-state index in [-0.39, 0.29) is 47.5 Å². The molecule has 25 heavy (non-hydrogen) atoms. The van der Waals surface area contributed by atoms with Crippen molar-refractivity contribution in [1.29, 1.82) is 0 Å². The Morgan fingerprint density at radius 2 is 1.88 bits per heavy atom. The fourth-order valence-corrected chi connectivity index (χ4v) is 4.85. The van der Waals surface area contributed by atoms with Crippen molar-refractivity contribution in [1.82, 2.24) is 4.72 Å². The molecule has 0 aliphatic heterocycles. The molecule has 0 spiro atoms. The number of amides is 1. The largest absolute Gasteiger partial charge is 0.329 e. The van der Waals surface area contributed by atoms with Crippen LogP contribution in [-0.2, 0) is 24.7 Å². The van der Waals surface area contributed by atoms with Crippen LogP contribution in [0.15, 0.2) is 29.2 Å². The van der Waals surface area contributed by atoms with Gasteiger partial charge in [-0.25, -0.2) is 21.6 Å². The maximum Gasteiger partial charge on any atom is 0.240 e. The summed E-state index contributed by atoms with van der Waals surface area (Å²) in [6.45, 7) is 3.86. The van der Waals surface area contributed by atoms with E-state index in [2.05, 4.69) is 10.0 Å². The van der Waals surface area contributed by atoms with Gasteiger partial charge in [0, 0.05) is 25.2 Å². The minimum absolute atomic E-state index is 0.00373. The van der Waals surface area contributed by atoms with Crippen LogP contribution in [0.25, 0.3) is 0 Å². The summed E-state index contributed by atoms with van der Waals surface area (Å²) in [5.41, 5.74) is 5.55. The molecule has 1 aromatic rings. The van der Waals surface area contributed by atoms with Gasteiger partial charge in [0.15, 0.2) is 9.84 Å². The number of sulfone groups is 1. The van der Waals surface area contributed by atoms with E-state index in [4.69, 9.17) is 5.73 Å². The summed E-state index contributed by atoms with van der Waals surface area (Å²) in [5.74, 6) is -0.707. The van der Waals surface area contributed by atoms with Crippen molar-refractivity contribution in [3.63, 3.8) is 0 Å². The summed E-state index contributed by atoms with van der Waals surface area (Å²) >= 11 is 0. The molecule has 0 atom stereocenters. The summed E-state index contributed by atoms with van der Waals surface area (Å²) in [4.78, 5) is 11.9. The zero-order valence-electron chi connectivity index (χ0n) is 14.4. The summed E-state index contributed by atoms with van der Waals surface area (Å²) in [7, 11) is -7.00. The molecule has 1 rings (SSSR count). The van der Waals surface area contributed by atoms with Crippen LogP contribution in [0.1, 0.15) is 20.3 Å². The fourth-order valence-electron chi connectivity index (χ4n) is 2.08. The third-order valence-corrected chi connectivity index (χ3v) is 6.55. The van der Waals surface area contributed by atoms with E-state index in [0.29, 0.717) is 0 Å². The lowest BCUT2D eigenvalue weighted by atomic mass is 10.3. The van der Waals surface area contributed by atoms with Crippen molar-refractivity contribution in [2.24, 2.45) is 11.7 Å². The third-order valence-electron chi connectivity index (χ3n) is 3.09. The lowest BCUT2D eigenvalue weighted by Crippen LogP contribution is -2.29. The highest BCUT2D eigenvalue weighted by Crippen LogP contribution is 2.15. The Morgan fingerprint density at radius 3 is 2.48 bits per heavy atom. The Bertz CT molecular complexity index is 789. The van der Waals surface area contributed by atoms with Gasteiger partial charge in [0.25, 0.3) is 0 Å². The highest BCUT2D eigenvalue weighted by Gasteiger charge is 2.17. The number of benzene rings is 1. The lowest BCUT2D eigenvalue weighted by molar-refractivity contribution is -0.115. The Hall–Kier alpha value is -1.49. The number of nitrogens with two attached hydrogens (primary N) is 1. The summed E-state index contributed by atoms with van der Waals surface area (Å²) < 4.78 is 50.0. The van der Waals surface area contributed by atoms with Gasteiger partial charge in [0.05, 0.1) is 16.4 Å². The van der Waals surface area contributed by atoms with Crippen LogP contribution in [0.5, 0.6) is 0 Å². The molecular weight excluding hydrogens is 366 g/mol. The Labute approximate surface area is 149 Å². The molecule has 0 aliphatic carbocycles. The van der Waals surface area contributed by atoms with Gasteiger partial charge < -0.3 is 11.1 Å². The van der Waals surface area contributed by atoms with Gasteiger partial charge >= 0.3 is 0 Å². The minimum atomic E-state index is -3.71. The first-order valence-electron chi connectivity index (χ1n) is 7.86. The van der Waals surface area contributed by atoms with E-state index in [9.17, 15) is 21.6 Å². The topological polar surface area (TPSA) is 135 Å². The minimum Gasteiger partial charge on any atom is -0.329 e. The van der Waals surface area contributed by atoms with Crippen LogP contribution in [0.4, 0.5) is 5.69 Å².